The van der Waals surface area contributed by atoms with Gasteiger partial charge < -0.3 is 9.88 Å². The molecule has 0 amide bonds. The van der Waals surface area contributed by atoms with Gasteiger partial charge in [0.25, 0.3) is 5.56 Å². The third-order valence-corrected chi connectivity index (χ3v) is 5.50. The molecule has 1 aromatic carbocycles. The van der Waals surface area contributed by atoms with Crippen LogP contribution >= 0.6 is 11.3 Å². The van der Waals surface area contributed by atoms with Gasteiger partial charge in [0.05, 0.1) is 10.9 Å². The lowest BCUT2D eigenvalue weighted by atomic mass is 10.2. The molecule has 0 unspecified atom stereocenters. The molecule has 25 heavy (non-hydrogen) atoms. The molecule has 6 nitrogen and oxygen atoms in total. The molecule has 0 atom stereocenters. The van der Waals surface area contributed by atoms with E-state index in [1.807, 2.05) is 6.07 Å². The summed E-state index contributed by atoms with van der Waals surface area (Å²) in [5.74, 6) is 0. The van der Waals surface area contributed by atoms with Crippen molar-refractivity contribution in [1.29, 1.82) is 0 Å². The van der Waals surface area contributed by atoms with Crippen molar-refractivity contribution >= 4 is 27.9 Å². The summed E-state index contributed by atoms with van der Waals surface area (Å²) in [5, 5.41) is 4.19. The van der Waals surface area contributed by atoms with E-state index in [0.717, 1.165) is 26.2 Å². The summed E-state index contributed by atoms with van der Waals surface area (Å²) in [4.78, 5) is 32.1. The van der Waals surface area contributed by atoms with Crippen molar-refractivity contribution in [2.24, 2.45) is 0 Å². The Kier molecular flexibility index (Phi) is 4.42. The van der Waals surface area contributed by atoms with E-state index in [1.165, 1.54) is 21.6 Å². The van der Waals surface area contributed by atoms with Crippen molar-refractivity contribution in [3.05, 3.63) is 61.9 Å². The number of nitrogens with one attached hydrogen (secondary N) is 1. The van der Waals surface area contributed by atoms with E-state index in [1.54, 1.807) is 10.8 Å². The molecular weight excluding hydrogens is 336 g/mol. The highest BCUT2D eigenvalue weighted by atomic mass is 32.1. The van der Waals surface area contributed by atoms with Crippen molar-refractivity contribution in [2.75, 3.05) is 37.6 Å². The second kappa shape index (κ2) is 6.85. The lowest BCUT2D eigenvalue weighted by Gasteiger charge is -2.36. The van der Waals surface area contributed by atoms with Gasteiger partial charge in [-0.15, -0.1) is 11.3 Å². The fraction of sp³-hybridized carbons (Fsp3) is 0.333. The monoisotopic (exact) mass is 356 g/mol. The minimum Gasteiger partial charge on any atom is -0.369 e. The lowest BCUT2D eigenvalue weighted by molar-refractivity contribution is 0.246. The Morgan fingerprint density at radius 1 is 0.960 bits per heavy atom. The van der Waals surface area contributed by atoms with Gasteiger partial charge in [0.15, 0.2) is 0 Å². The zero-order valence-electron chi connectivity index (χ0n) is 13.9. The molecule has 1 N–H and O–H groups in total. The third kappa shape index (κ3) is 3.25. The van der Waals surface area contributed by atoms with Gasteiger partial charge in [-0.3, -0.25) is 14.3 Å². The van der Waals surface area contributed by atoms with Gasteiger partial charge in [0.2, 0.25) is 0 Å². The van der Waals surface area contributed by atoms with Gasteiger partial charge in [-0.1, -0.05) is 18.2 Å². The number of thiophene rings is 1. The van der Waals surface area contributed by atoms with E-state index in [0.29, 0.717) is 24.0 Å². The molecule has 1 fully saturated rings. The first kappa shape index (κ1) is 16.1. The quantitative estimate of drug-likeness (QED) is 0.771. The van der Waals surface area contributed by atoms with Crippen molar-refractivity contribution in [3.63, 3.8) is 0 Å². The minimum absolute atomic E-state index is 0.192. The number of H-pyrrole nitrogens is 1. The van der Waals surface area contributed by atoms with Crippen LogP contribution in [0.5, 0.6) is 0 Å². The van der Waals surface area contributed by atoms with Crippen LogP contribution in [0.15, 0.2) is 50.7 Å². The molecule has 0 spiro atoms. The van der Waals surface area contributed by atoms with E-state index in [9.17, 15) is 9.59 Å². The van der Waals surface area contributed by atoms with Crippen LogP contribution in [-0.2, 0) is 6.54 Å². The van der Waals surface area contributed by atoms with Crippen molar-refractivity contribution in [2.45, 2.75) is 6.54 Å². The topological polar surface area (TPSA) is 61.3 Å². The molecule has 7 heteroatoms. The van der Waals surface area contributed by atoms with Crippen molar-refractivity contribution < 1.29 is 0 Å². The zero-order chi connectivity index (χ0) is 17.2. The minimum atomic E-state index is -0.321. The predicted molar refractivity (Wildman–Crippen MR) is 102 cm³/mol. The van der Waals surface area contributed by atoms with Crippen molar-refractivity contribution in [3.8, 4) is 0 Å². The number of nitrogens with zero attached hydrogens (tertiary/aromatic N) is 3. The Labute approximate surface area is 148 Å². The summed E-state index contributed by atoms with van der Waals surface area (Å²) < 4.78 is 1.32. The second-order valence-corrected chi connectivity index (χ2v) is 6.99. The summed E-state index contributed by atoms with van der Waals surface area (Å²) in [7, 11) is 0. The largest absolute Gasteiger partial charge is 0.369 e. The number of piperazine rings is 1. The number of rotatable bonds is 4. The summed E-state index contributed by atoms with van der Waals surface area (Å²) in [5.41, 5.74) is 1.37. The predicted octanol–water partition coefficient (Wildman–Crippen LogP) is 1.57. The molecule has 0 radical (unpaired) electrons. The maximum Gasteiger partial charge on any atom is 0.328 e. The first-order chi connectivity index (χ1) is 12.2. The molecular formula is C18H20N4O2S. The van der Waals surface area contributed by atoms with Gasteiger partial charge in [-0.05, 0) is 12.1 Å². The lowest BCUT2D eigenvalue weighted by Crippen LogP contribution is -2.48. The number of aromatic nitrogens is 2. The first-order valence-corrected chi connectivity index (χ1v) is 9.38. The number of benzene rings is 1. The number of para-hydroxylation sites is 1. The Morgan fingerprint density at radius 2 is 1.72 bits per heavy atom. The van der Waals surface area contributed by atoms with E-state index in [2.05, 4.69) is 39.0 Å². The fourth-order valence-corrected chi connectivity index (χ4v) is 4.05. The Morgan fingerprint density at radius 3 is 2.48 bits per heavy atom. The smallest absolute Gasteiger partial charge is 0.328 e. The molecule has 0 saturated carbocycles. The average Bonchev–Trinajstić information content (AvgIpc) is 3.11. The van der Waals surface area contributed by atoms with E-state index >= 15 is 0 Å². The summed E-state index contributed by atoms with van der Waals surface area (Å²) >= 11 is 1.43. The van der Waals surface area contributed by atoms with Crippen LogP contribution in [0, 0.1) is 0 Å². The number of aromatic amines is 1. The van der Waals surface area contributed by atoms with E-state index < -0.39 is 0 Å². The molecule has 3 aromatic rings. The standard InChI is InChI=1S/C18H20N4O2S/c23-17-15-12-25-13-16(15)19-18(24)22(17)11-8-20-6-9-21(10-7-20)14-4-2-1-3-5-14/h1-5,12-13H,6-11H2,(H,19,24). The Balaban J connectivity index is 1.40. The highest BCUT2D eigenvalue weighted by molar-refractivity contribution is 7.09. The summed E-state index contributed by atoms with van der Waals surface area (Å²) in [6.45, 7) is 4.91. The van der Waals surface area contributed by atoms with Gasteiger partial charge in [0.1, 0.15) is 0 Å². The zero-order valence-corrected chi connectivity index (χ0v) is 14.7. The normalized spacial score (nSPS) is 15.8. The molecule has 0 bridgehead atoms. The maximum atomic E-state index is 12.4. The number of fused-ring (bicyclic) bond motifs is 1. The van der Waals surface area contributed by atoms with Crippen LogP contribution in [0.2, 0.25) is 0 Å². The molecule has 2 aromatic heterocycles. The highest BCUT2D eigenvalue weighted by Gasteiger charge is 2.17. The molecule has 1 aliphatic heterocycles. The number of hydrogen-bond donors (Lipinski definition) is 1. The van der Waals surface area contributed by atoms with E-state index in [4.69, 9.17) is 0 Å². The highest BCUT2D eigenvalue weighted by Crippen LogP contribution is 2.15. The summed E-state index contributed by atoms with van der Waals surface area (Å²) in [6.07, 6.45) is 0. The average molecular weight is 356 g/mol. The van der Waals surface area contributed by atoms with Crippen LogP contribution in [0.3, 0.4) is 0 Å². The van der Waals surface area contributed by atoms with Gasteiger partial charge >= 0.3 is 5.69 Å². The molecule has 130 valence electrons. The number of hydrogen-bond acceptors (Lipinski definition) is 5. The van der Waals surface area contributed by atoms with Crippen LogP contribution in [-0.4, -0.2) is 47.2 Å². The van der Waals surface area contributed by atoms with Crippen molar-refractivity contribution in [1.82, 2.24) is 14.5 Å². The molecule has 4 rings (SSSR count). The van der Waals surface area contributed by atoms with Crippen LogP contribution < -0.4 is 16.1 Å². The molecule has 0 aliphatic carbocycles. The molecule has 1 saturated heterocycles. The van der Waals surface area contributed by atoms with Gasteiger partial charge in [-0.2, -0.15) is 0 Å². The molecule has 1 aliphatic rings. The van der Waals surface area contributed by atoms with Crippen LogP contribution in [0.25, 0.3) is 10.9 Å². The first-order valence-electron chi connectivity index (χ1n) is 8.44. The Bertz CT molecular complexity index is 968. The SMILES string of the molecule is O=c1[nH]c2cscc2c(=O)n1CCN1CCN(c2ccccc2)CC1. The second-order valence-electron chi connectivity index (χ2n) is 6.25. The summed E-state index contributed by atoms with van der Waals surface area (Å²) in [6, 6.07) is 10.4. The fourth-order valence-electron chi connectivity index (χ4n) is 3.29. The maximum absolute atomic E-state index is 12.4. The van der Waals surface area contributed by atoms with Gasteiger partial charge in [0, 0.05) is 55.7 Å². The van der Waals surface area contributed by atoms with Gasteiger partial charge in [-0.25, -0.2) is 4.79 Å². The third-order valence-electron chi connectivity index (χ3n) is 4.76. The number of anilines is 1. The molecule has 3 heterocycles. The van der Waals surface area contributed by atoms with Crippen LogP contribution in [0.1, 0.15) is 0 Å². The Hall–Kier alpha value is -2.38. The van der Waals surface area contributed by atoms with E-state index in [-0.39, 0.29) is 11.2 Å². The van der Waals surface area contributed by atoms with Crippen LogP contribution in [0.4, 0.5) is 5.69 Å².